The van der Waals surface area contributed by atoms with Gasteiger partial charge >= 0.3 is 6.61 Å². The molecule has 0 heterocycles. The van der Waals surface area contributed by atoms with Gasteiger partial charge in [0.25, 0.3) is 0 Å². The molecule has 28 heavy (non-hydrogen) atoms. The van der Waals surface area contributed by atoms with E-state index in [4.69, 9.17) is 0 Å². The van der Waals surface area contributed by atoms with Gasteiger partial charge in [-0.3, -0.25) is 0 Å². The van der Waals surface area contributed by atoms with E-state index in [0.717, 1.165) is 24.8 Å². The van der Waals surface area contributed by atoms with Crippen LogP contribution in [0.2, 0.25) is 0 Å². The third-order valence-corrected chi connectivity index (χ3v) is 5.62. The van der Waals surface area contributed by atoms with E-state index < -0.39 is 6.61 Å². The SMILES string of the molecule is CC[C@@H]1CCc2c(ccc3ccccc23)[C@H]1C#Cc1ccc(OC(F)F)cc1. The van der Waals surface area contributed by atoms with E-state index in [0.29, 0.717) is 5.92 Å². The van der Waals surface area contributed by atoms with Gasteiger partial charge in [0.05, 0.1) is 0 Å². The Morgan fingerprint density at radius 1 is 1.04 bits per heavy atom. The molecule has 0 amide bonds. The van der Waals surface area contributed by atoms with Crippen LogP contribution in [-0.2, 0) is 6.42 Å². The van der Waals surface area contributed by atoms with Crippen LogP contribution in [0.3, 0.4) is 0 Å². The highest BCUT2D eigenvalue weighted by Gasteiger charge is 2.28. The van der Waals surface area contributed by atoms with Gasteiger partial charge in [0.15, 0.2) is 0 Å². The third-order valence-electron chi connectivity index (χ3n) is 5.62. The molecule has 3 heteroatoms. The molecule has 0 radical (unpaired) electrons. The van der Waals surface area contributed by atoms with Crippen molar-refractivity contribution in [1.29, 1.82) is 0 Å². The molecule has 0 aromatic heterocycles. The van der Waals surface area contributed by atoms with E-state index >= 15 is 0 Å². The lowest BCUT2D eigenvalue weighted by molar-refractivity contribution is -0.0498. The Kier molecular flexibility index (Phi) is 5.30. The summed E-state index contributed by atoms with van der Waals surface area (Å²) in [7, 11) is 0. The molecule has 0 saturated heterocycles. The minimum Gasteiger partial charge on any atom is -0.435 e. The number of aryl methyl sites for hydroxylation is 1. The molecule has 4 rings (SSSR count). The zero-order chi connectivity index (χ0) is 19.5. The summed E-state index contributed by atoms with van der Waals surface area (Å²) in [4.78, 5) is 0. The summed E-state index contributed by atoms with van der Waals surface area (Å²) in [5.74, 6) is 7.61. The molecule has 1 aliphatic rings. The first kappa shape index (κ1) is 18.5. The lowest BCUT2D eigenvalue weighted by Gasteiger charge is -2.30. The summed E-state index contributed by atoms with van der Waals surface area (Å²) in [5.41, 5.74) is 3.56. The molecule has 0 aliphatic heterocycles. The number of hydrogen-bond acceptors (Lipinski definition) is 1. The largest absolute Gasteiger partial charge is 0.435 e. The first-order chi connectivity index (χ1) is 13.7. The van der Waals surface area contributed by atoms with Crippen molar-refractivity contribution in [2.75, 3.05) is 0 Å². The van der Waals surface area contributed by atoms with Gasteiger partial charge in [-0.25, -0.2) is 0 Å². The highest BCUT2D eigenvalue weighted by atomic mass is 19.3. The van der Waals surface area contributed by atoms with Gasteiger partial charge < -0.3 is 4.74 Å². The molecule has 1 aliphatic carbocycles. The van der Waals surface area contributed by atoms with Crippen LogP contribution < -0.4 is 4.74 Å². The van der Waals surface area contributed by atoms with Gasteiger partial charge in [-0.1, -0.05) is 61.6 Å². The van der Waals surface area contributed by atoms with Crippen molar-refractivity contribution in [2.45, 2.75) is 38.7 Å². The Morgan fingerprint density at radius 3 is 2.57 bits per heavy atom. The Hall–Kier alpha value is -2.86. The van der Waals surface area contributed by atoms with Crippen molar-refractivity contribution < 1.29 is 13.5 Å². The number of hydrogen-bond donors (Lipinski definition) is 0. The molecule has 2 atom stereocenters. The van der Waals surface area contributed by atoms with Crippen LogP contribution in [0.4, 0.5) is 8.78 Å². The van der Waals surface area contributed by atoms with Crippen LogP contribution in [0.5, 0.6) is 5.75 Å². The van der Waals surface area contributed by atoms with E-state index in [1.165, 1.54) is 34.0 Å². The topological polar surface area (TPSA) is 9.23 Å². The molecular formula is C25H22F2O. The highest BCUT2D eigenvalue weighted by molar-refractivity contribution is 5.87. The average Bonchev–Trinajstić information content (AvgIpc) is 2.72. The predicted octanol–water partition coefficient (Wildman–Crippen LogP) is 6.55. The zero-order valence-corrected chi connectivity index (χ0v) is 15.8. The van der Waals surface area contributed by atoms with Crippen LogP contribution in [0.1, 0.15) is 42.4 Å². The summed E-state index contributed by atoms with van der Waals surface area (Å²) >= 11 is 0. The van der Waals surface area contributed by atoms with Crippen LogP contribution >= 0.6 is 0 Å². The molecule has 0 bridgehead atoms. The number of rotatable bonds is 3. The van der Waals surface area contributed by atoms with Crippen molar-refractivity contribution >= 4 is 10.8 Å². The third kappa shape index (κ3) is 3.73. The Labute approximate surface area is 164 Å². The fourth-order valence-electron chi connectivity index (χ4n) is 4.19. The minimum absolute atomic E-state index is 0.154. The summed E-state index contributed by atoms with van der Waals surface area (Å²) in [6.07, 6.45) is 3.32. The fourth-order valence-corrected chi connectivity index (χ4v) is 4.19. The highest BCUT2D eigenvalue weighted by Crippen LogP contribution is 2.40. The van der Waals surface area contributed by atoms with E-state index in [1.807, 2.05) is 0 Å². The molecular weight excluding hydrogens is 354 g/mol. The van der Waals surface area contributed by atoms with Gasteiger partial charge in [-0.2, -0.15) is 8.78 Å². The number of ether oxygens (including phenoxy) is 1. The predicted molar refractivity (Wildman–Crippen MR) is 109 cm³/mol. The molecule has 1 nitrogen and oxygen atoms in total. The second-order valence-electron chi connectivity index (χ2n) is 7.21. The second-order valence-corrected chi connectivity index (χ2v) is 7.21. The van der Waals surface area contributed by atoms with Gasteiger partial charge in [-0.15, -0.1) is 0 Å². The molecule has 142 valence electrons. The smallest absolute Gasteiger partial charge is 0.387 e. The van der Waals surface area contributed by atoms with Crippen LogP contribution in [0.15, 0.2) is 60.7 Å². The van der Waals surface area contributed by atoms with E-state index in [-0.39, 0.29) is 11.7 Å². The quantitative estimate of drug-likeness (QED) is 0.471. The second kappa shape index (κ2) is 8.02. The number of benzene rings is 3. The minimum atomic E-state index is -2.81. The molecule has 0 N–H and O–H groups in total. The fraction of sp³-hybridized carbons (Fsp3) is 0.280. The number of fused-ring (bicyclic) bond motifs is 3. The van der Waals surface area contributed by atoms with E-state index in [1.54, 1.807) is 12.1 Å². The van der Waals surface area contributed by atoms with Crippen molar-refractivity contribution in [2.24, 2.45) is 5.92 Å². The summed E-state index contributed by atoms with van der Waals surface area (Å²) in [6.45, 7) is -0.585. The summed E-state index contributed by atoms with van der Waals surface area (Å²) in [5, 5.41) is 2.60. The average molecular weight is 376 g/mol. The maximum Gasteiger partial charge on any atom is 0.387 e. The van der Waals surface area contributed by atoms with Gasteiger partial charge in [-0.05, 0) is 64.9 Å². The molecule has 0 unspecified atom stereocenters. The standard InChI is InChI=1S/C25H22F2O/c1-2-18-10-15-23-21-6-4-3-5-19(21)11-16-24(23)22(18)14-9-17-7-12-20(13-8-17)28-25(26)27/h3-8,11-13,16,18,22,25H,2,10,15H2,1H3/t18-,22+/m1/s1. The Morgan fingerprint density at radius 2 is 1.82 bits per heavy atom. The first-order valence-electron chi connectivity index (χ1n) is 9.72. The summed E-state index contributed by atoms with van der Waals surface area (Å²) < 4.78 is 29.0. The van der Waals surface area contributed by atoms with Crippen molar-refractivity contribution in [3.8, 4) is 17.6 Å². The number of halogens is 2. The lowest BCUT2D eigenvalue weighted by atomic mass is 9.73. The van der Waals surface area contributed by atoms with Crippen molar-refractivity contribution in [3.63, 3.8) is 0 Å². The van der Waals surface area contributed by atoms with E-state index in [2.05, 4.69) is 59.9 Å². The molecule has 0 fully saturated rings. The van der Waals surface area contributed by atoms with Crippen LogP contribution in [0, 0.1) is 17.8 Å². The van der Waals surface area contributed by atoms with E-state index in [9.17, 15) is 8.78 Å². The van der Waals surface area contributed by atoms with Crippen LogP contribution in [-0.4, -0.2) is 6.61 Å². The number of alkyl halides is 2. The van der Waals surface area contributed by atoms with Crippen molar-refractivity contribution in [1.82, 2.24) is 0 Å². The lowest BCUT2D eigenvalue weighted by Crippen LogP contribution is -2.19. The summed E-state index contributed by atoms with van der Waals surface area (Å²) in [6, 6.07) is 19.5. The van der Waals surface area contributed by atoms with Crippen LogP contribution in [0.25, 0.3) is 10.8 Å². The van der Waals surface area contributed by atoms with Gasteiger partial charge in [0.2, 0.25) is 0 Å². The maximum atomic E-state index is 12.3. The normalized spacial score (nSPS) is 18.4. The molecule has 3 aromatic carbocycles. The molecule has 3 aromatic rings. The Bertz CT molecular complexity index is 1030. The molecule has 0 saturated carbocycles. The van der Waals surface area contributed by atoms with Gasteiger partial charge in [0.1, 0.15) is 5.75 Å². The maximum absolute atomic E-state index is 12.3. The zero-order valence-electron chi connectivity index (χ0n) is 15.8. The van der Waals surface area contributed by atoms with Crippen molar-refractivity contribution in [3.05, 3.63) is 77.4 Å². The molecule has 0 spiro atoms. The first-order valence-corrected chi connectivity index (χ1v) is 9.72. The Balaban J connectivity index is 1.68. The van der Waals surface area contributed by atoms with Gasteiger partial charge in [0, 0.05) is 11.5 Å². The monoisotopic (exact) mass is 376 g/mol.